The SMILES string of the molecule is CC(Cl)C(=O)NC(=O)NC(C)C(F)(F)F. The molecule has 2 unspecified atom stereocenters. The van der Waals surface area contributed by atoms with Gasteiger partial charge in [0.15, 0.2) is 0 Å². The average molecular weight is 247 g/mol. The van der Waals surface area contributed by atoms with Crippen molar-refractivity contribution in [3.63, 3.8) is 0 Å². The van der Waals surface area contributed by atoms with E-state index in [1.807, 2.05) is 0 Å². The molecule has 0 aromatic heterocycles. The molecule has 88 valence electrons. The summed E-state index contributed by atoms with van der Waals surface area (Å²) >= 11 is 5.28. The van der Waals surface area contributed by atoms with Crippen molar-refractivity contribution in [1.29, 1.82) is 0 Å². The number of carbonyl (C=O) groups is 2. The van der Waals surface area contributed by atoms with Crippen LogP contribution >= 0.6 is 11.6 Å². The van der Waals surface area contributed by atoms with Gasteiger partial charge in [-0.15, -0.1) is 11.6 Å². The molecule has 0 aliphatic heterocycles. The summed E-state index contributed by atoms with van der Waals surface area (Å²) in [6.45, 7) is 2.05. The number of hydrogen-bond acceptors (Lipinski definition) is 2. The fourth-order valence-corrected chi connectivity index (χ4v) is 0.580. The number of nitrogens with one attached hydrogen (secondary N) is 2. The lowest BCUT2D eigenvalue weighted by molar-refractivity contribution is -0.149. The zero-order chi connectivity index (χ0) is 12.2. The number of carbonyl (C=O) groups excluding carboxylic acids is 2. The molecule has 15 heavy (non-hydrogen) atoms. The zero-order valence-electron chi connectivity index (χ0n) is 7.98. The van der Waals surface area contributed by atoms with Crippen LogP contribution in [0.4, 0.5) is 18.0 Å². The van der Waals surface area contributed by atoms with Crippen molar-refractivity contribution in [3.05, 3.63) is 0 Å². The molecule has 0 bridgehead atoms. The van der Waals surface area contributed by atoms with Crippen LogP contribution in [0, 0.1) is 0 Å². The van der Waals surface area contributed by atoms with Crippen molar-refractivity contribution in [2.75, 3.05) is 0 Å². The summed E-state index contributed by atoms with van der Waals surface area (Å²) in [6.07, 6.45) is -4.55. The van der Waals surface area contributed by atoms with Crippen LogP contribution in [0.1, 0.15) is 13.8 Å². The van der Waals surface area contributed by atoms with E-state index < -0.39 is 29.5 Å². The lowest BCUT2D eigenvalue weighted by atomic mass is 10.3. The molecular weight excluding hydrogens is 237 g/mol. The van der Waals surface area contributed by atoms with Crippen LogP contribution in [0.5, 0.6) is 0 Å². The van der Waals surface area contributed by atoms with Gasteiger partial charge >= 0.3 is 12.2 Å². The molecule has 0 heterocycles. The van der Waals surface area contributed by atoms with Crippen molar-refractivity contribution in [3.8, 4) is 0 Å². The summed E-state index contributed by atoms with van der Waals surface area (Å²) in [6, 6.07) is -3.26. The Morgan fingerprint density at radius 3 is 2.07 bits per heavy atom. The quantitative estimate of drug-likeness (QED) is 0.724. The van der Waals surface area contributed by atoms with Crippen LogP contribution in [0.2, 0.25) is 0 Å². The predicted molar refractivity (Wildman–Crippen MR) is 47.5 cm³/mol. The molecule has 0 fully saturated rings. The van der Waals surface area contributed by atoms with Crippen LogP contribution in [0.25, 0.3) is 0 Å². The highest BCUT2D eigenvalue weighted by molar-refractivity contribution is 6.31. The van der Waals surface area contributed by atoms with Crippen molar-refractivity contribution in [1.82, 2.24) is 10.6 Å². The lowest BCUT2D eigenvalue weighted by Crippen LogP contribution is -2.50. The average Bonchev–Trinajstić information content (AvgIpc) is 2.01. The first kappa shape index (κ1) is 14.0. The van der Waals surface area contributed by atoms with Gasteiger partial charge in [-0.25, -0.2) is 4.79 Å². The maximum Gasteiger partial charge on any atom is 0.408 e. The highest BCUT2D eigenvalue weighted by atomic mass is 35.5. The highest BCUT2D eigenvalue weighted by Crippen LogP contribution is 2.19. The second kappa shape index (κ2) is 5.20. The summed E-state index contributed by atoms with van der Waals surface area (Å²) in [7, 11) is 0. The van der Waals surface area contributed by atoms with Crippen LogP contribution < -0.4 is 10.6 Å². The number of imide groups is 1. The molecular formula is C7H10ClF3N2O2. The van der Waals surface area contributed by atoms with E-state index in [9.17, 15) is 22.8 Å². The van der Waals surface area contributed by atoms with Gasteiger partial charge in [0.25, 0.3) is 0 Å². The van der Waals surface area contributed by atoms with Gasteiger partial charge in [0.05, 0.1) is 0 Å². The van der Waals surface area contributed by atoms with Crippen molar-refractivity contribution in [2.24, 2.45) is 0 Å². The van der Waals surface area contributed by atoms with Gasteiger partial charge in [0.2, 0.25) is 5.91 Å². The normalized spacial score (nSPS) is 15.3. The Balaban J connectivity index is 4.11. The molecule has 2 atom stereocenters. The molecule has 8 heteroatoms. The van der Waals surface area contributed by atoms with E-state index in [1.165, 1.54) is 6.92 Å². The molecule has 0 aliphatic carbocycles. The Bertz CT molecular complexity index is 255. The fourth-order valence-electron chi connectivity index (χ4n) is 0.526. The molecule has 4 nitrogen and oxygen atoms in total. The number of amides is 3. The van der Waals surface area contributed by atoms with E-state index in [-0.39, 0.29) is 0 Å². The van der Waals surface area contributed by atoms with Gasteiger partial charge in [-0.05, 0) is 13.8 Å². The minimum atomic E-state index is -4.55. The van der Waals surface area contributed by atoms with Crippen molar-refractivity contribution >= 4 is 23.5 Å². The predicted octanol–water partition coefficient (Wildman–Crippen LogP) is 1.39. The third-order valence-electron chi connectivity index (χ3n) is 1.44. The Morgan fingerprint density at radius 1 is 1.27 bits per heavy atom. The summed E-state index contributed by atoms with van der Waals surface area (Å²) in [5.41, 5.74) is 0. The van der Waals surface area contributed by atoms with Gasteiger partial charge in [0.1, 0.15) is 11.4 Å². The van der Waals surface area contributed by atoms with E-state index >= 15 is 0 Å². The molecule has 0 aromatic carbocycles. The molecule has 0 saturated heterocycles. The molecule has 3 amide bonds. The standard InChI is InChI=1S/C7H10ClF3N2O2/c1-3(8)5(14)13-6(15)12-4(2)7(9,10)11/h3-4H,1-2H3,(H2,12,13,14,15). The summed E-state index contributed by atoms with van der Waals surface area (Å²) in [5.74, 6) is -0.858. The molecule has 0 saturated carbocycles. The maximum absolute atomic E-state index is 12.0. The molecule has 0 rings (SSSR count). The first-order chi connectivity index (χ1) is 6.64. The zero-order valence-corrected chi connectivity index (χ0v) is 8.74. The summed E-state index contributed by atoms with van der Waals surface area (Å²) in [4.78, 5) is 21.6. The molecule has 0 spiro atoms. The van der Waals surface area contributed by atoms with Gasteiger partial charge in [-0.3, -0.25) is 10.1 Å². The Labute approximate surface area is 89.2 Å². The monoisotopic (exact) mass is 246 g/mol. The first-order valence-electron chi connectivity index (χ1n) is 3.96. The lowest BCUT2D eigenvalue weighted by Gasteiger charge is -2.17. The van der Waals surface area contributed by atoms with Crippen LogP contribution in [0.3, 0.4) is 0 Å². The molecule has 0 aromatic rings. The number of hydrogen-bond donors (Lipinski definition) is 2. The van der Waals surface area contributed by atoms with Crippen LogP contribution in [0.15, 0.2) is 0 Å². The van der Waals surface area contributed by atoms with Crippen molar-refractivity contribution in [2.45, 2.75) is 31.4 Å². The molecule has 2 N–H and O–H groups in total. The van der Waals surface area contributed by atoms with Crippen LogP contribution in [-0.4, -0.2) is 29.5 Å². The van der Waals surface area contributed by atoms with E-state index in [2.05, 4.69) is 0 Å². The fraction of sp³-hybridized carbons (Fsp3) is 0.714. The van der Waals surface area contributed by atoms with E-state index in [0.29, 0.717) is 0 Å². The Hall–Kier alpha value is -0.980. The second-order valence-corrected chi connectivity index (χ2v) is 3.50. The number of rotatable bonds is 2. The van der Waals surface area contributed by atoms with Gasteiger partial charge in [-0.2, -0.15) is 13.2 Å². The van der Waals surface area contributed by atoms with E-state index in [0.717, 1.165) is 6.92 Å². The largest absolute Gasteiger partial charge is 0.408 e. The second-order valence-electron chi connectivity index (χ2n) is 2.84. The van der Waals surface area contributed by atoms with Gasteiger partial charge in [0, 0.05) is 0 Å². The van der Waals surface area contributed by atoms with Crippen molar-refractivity contribution < 1.29 is 22.8 Å². The van der Waals surface area contributed by atoms with E-state index in [4.69, 9.17) is 11.6 Å². The maximum atomic E-state index is 12.0. The molecule has 0 aliphatic rings. The first-order valence-corrected chi connectivity index (χ1v) is 4.40. The van der Waals surface area contributed by atoms with Gasteiger partial charge < -0.3 is 5.32 Å². The topological polar surface area (TPSA) is 58.2 Å². The highest BCUT2D eigenvalue weighted by Gasteiger charge is 2.37. The Morgan fingerprint density at radius 2 is 1.73 bits per heavy atom. The summed E-state index contributed by atoms with van der Waals surface area (Å²) in [5, 5.41) is 2.22. The molecule has 0 radical (unpaired) electrons. The number of urea groups is 1. The number of alkyl halides is 4. The minimum Gasteiger partial charge on any atom is -0.326 e. The smallest absolute Gasteiger partial charge is 0.326 e. The van der Waals surface area contributed by atoms with Gasteiger partial charge in [-0.1, -0.05) is 0 Å². The minimum absolute atomic E-state index is 0.758. The Kier molecular flexibility index (Phi) is 4.86. The third-order valence-corrected chi connectivity index (χ3v) is 1.63. The van der Waals surface area contributed by atoms with E-state index in [1.54, 1.807) is 10.6 Å². The number of halogens is 4. The van der Waals surface area contributed by atoms with Crippen LogP contribution in [-0.2, 0) is 4.79 Å². The third kappa shape index (κ3) is 5.46. The summed E-state index contributed by atoms with van der Waals surface area (Å²) < 4.78 is 35.9.